The first-order valence-electron chi connectivity index (χ1n) is 9.58. The lowest BCUT2D eigenvalue weighted by Crippen LogP contribution is -2.32. The number of phenolic OH excluding ortho intramolecular Hbond substituents is 2. The highest BCUT2D eigenvalue weighted by Gasteiger charge is 2.25. The lowest BCUT2D eigenvalue weighted by Gasteiger charge is -2.25. The van der Waals surface area contributed by atoms with E-state index in [-0.39, 0.29) is 42.4 Å². The van der Waals surface area contributed by atoms with Gasteiger partial charge in [-0.25, -0.2) is 0 Å². The van der Waals surface area contributed by atoms with Crippen LogP contribution in [-0.2, 0) is 11.2 Å². The number of nitrogens with zero attached hydrogens (tertiary/aromatic N) is 3. The first-order valence-corrected chi connectivity index (χ1v) is 9.58. The van der Waals surface area contributed by atoms with Crippen LogP contribution in [0.15, 0.2) is 48.5 Å². The van der Waals surface area contributed by atoms with E-state index in [2.05, 4.69) is 25.6 Å². The second-order valence-corrected chi connectivity index (χ2v) is 7.70. The summed E-state index contributed by atoms with van der Waals surface area (Å²) in [6.07, 6.45) is 0. The number of nitrogens with two attached hydrogens (primary N) is 1. The minimum absolute atomic E-state index is 0.0420. The van der Waals surface area contributed by atoms with Crippen LogP contribution >= 0.6 is 0 Å². The Kier molecular flexibility index (Phi) is 6.14. The topological polar surface area (TPSA) is 170 Å². The molecule has 0 spiro atoms. The van der Waals surface area contributed by atoms with Crippen LogP contribution in [0.1, 0.15) is 25.0 Å². The van der Waals surface area contributed by atoms with Crippen molar-refractivity contribution in [3.63, 3.8) is 0 Å². The number of aliphatic hydroxyl groups is 2. The Morgan fingerprint density at radius 2 is 1.19 bits per heavy atom. The Morgan fingerprint density at radius 1 is 0.774 bits per heavy atom. The van der Waals surface area contributed by atoms with Crippen molar-refractivity contribution < 1.29 is 20.4 Å². The lowest BCUT2D eigenvalue weighted by atomic mass is 9.96. The van der Waals surface area contributed by atoms with Crippen LogP contribution in [0.2, 0.25) is 0 Å². The predicted molar refractivity (Wildman–Crippen MR) is 117 cm³/mol. The molecule has 2 unspecified atom stereocenters. The van der Waals surface area contributed by atoms with E-state index in [0.717, 1.165) is 0 Å². The van der Waals surface area contributed by atoms with E-state index in [0.29, 0.717) is 11.1 Å². The number of nitrogen functional groups attached to an aromatic ring is 1. The van der Waals surface area contributed by atoms with Gasteiger partial charge in [-0.15, -0.1) is 0 Å². The summed E-state index contributed by atoms with van der Waals surface area (Å²) in [6, 6.07) is 12.6. The number of benzene rings is 2. The molecule has 1 heterocycles. The Labute approximate surface area is 179 Å². The molecule has 0 saturated heterocycles. The maximum atomic E-state index is 10.7. The molecule has 2 aromatic carbocycles. The molecule has 164 valence electrons. The average molecular weight is 426 g/mol. The number of aromatic hydroxyl groups is 2. The van der Waals surface area contributed by atoms with Crippen molar-refractivity contribution in [2.45, 2.75) is 25.0 Å². The molecule has 0 aliphatic rings. The van der Waals surface area contributed by atoms with E-state index in [1.807, 2.05) is 0 Å². The van der Waals surface area contributed by atoms with Gasteiger partial charge >= 0.3 is 0 Å². The smallest absolute Gasteiger partial charge is 0.229 e. The van der Waals surface area contributed by atoms with Crippen LogP contribution < -0.4 is 16.4 Å². The van der Waals surface area contributed by atoms with Gasteiger partial charge in [0.15, 0.2) is 0 Å². The SMILES string of the molecule is CC(O)(CNc1nc(N)nc(NCC(C)(O)c2cccc(O)c2)n1)c1cccc(O)c1. The highest BCUT2D eigenvalue weighted by molar-refractivity contribution is 5.42. The molecule has 10 heteroatoms. The number of rotatable bonds is 8. The van der Waals surface area contributed by atoms with Crippen LogP contribution in [0, 0.1) is 0 Å². The summed E-state index contributed by atoms with van der Waals surface area (Å²) in [7, 11) is 0. The first-order chi connectivity index (χ1) is 14.5. The van der Waals surface area contributed by atoms with E-state index in [9.17, 15) is 20.4 Å². The van der Waals surface area contributed by atoms with Gasteiger partial charge in [-0.05, 0) is 49.2 Å². The molecule has 8 N–H and O–H groups in total. The van der Waals surface area contributed by atoms with Gasteiger partial charge < -0.3 is 36.8 Å². The molecular weight excluding hydrogens is 400 g/mol. The highest BCUT2D eigenvalue weighted by Crippen LogP contribution is 2.25. The summed E-state index contributed by atoms with van der Waals surface area (Å²) in [5.74, 6) is 0.314. The van der Waals surface area contributed by atoms with Gasteiger partial charge in [-0.2, -0.15) is 15.0 Å². The van der Waals surface area contributed by atoms with Gasteiger partial charge in [0.2, 0.25) is 17.8 Å². The molecular formula is C21H26N6O4. The molecule has 0 aliphatic carbocycles. The second-order valence-electron chi connectivity index (χ2n) is 7.70. The van der Waals surface area contributed by atoms with Crippen molar-refractivity contribution in [3.05, 3.63) is 59.7 Å². The van der Waals surface area contributed by atoms with Crippen LogP contribution in [-0.4, -0.2) is 48.5 Å². The third kappa shape index (κ3) is 5.71. The van der Waals surface area contributed by atoms with E-state index in [1.54, 1.807) is 38.1 Å². The van der Waals surface area contributed by atoms with E-state index in [4.69, 9.17) is 5.73 Å². The minimum atomic E-state index is -1.31. The summed E-state index contributed by atoms with van der Waals surface area (Å²) in [6.45, 7) is 3.26. The first kappa shape index (κ1) is 22.1. The van der Waals surface area contributed by atoms with Crippen molar-refractivity contribution in [2.24, 2.45) is 0 Å². The van der Waals surface area contributed by atoms with E-state index >= 15 is 0 Å². The Morgan fingerprint density at radius 3 is 1.58 bits per heavy atom. The summed E-state index contributed by atoms with van der Waals surface area (Å²) in [4.78, 5) is 12.2. The fourth-order valence-corrected chi connectivity index (χ4v) is 2.94. The van der Waals surface area contributed by atoms with Crippen molar-refractivity contribution >= 4 is 17.8 Å². The van der Waals surface area contributed by atoms with Crippen molar-refractivity contribution in [1.82, 2.24) is 15.0 Å². The van der Waals surface area contributed by atoms with Crippen LogP contribution in [0.4, 0.5) is 17.8 Å². The molecule has 31 heavy (non-hydrogen) atoms. The maximum Gasteiger partial charge on any atom is 0.229 e. The zero-order chi connectivity index (χ0) is 22.6. The van der Waals surface area contributed by atoms with E-state index in [1.165, 1.54) is 24.3 Å². The van der Waals surface area contributed by atoms with Crippen molar-refractivity contribution in [3.8, 4) is 11.5 Å². The zero-order valence-corrected chi connectivity index (χ0v) is 17.2. The number of aromatic nitrogens is 3. The summed E-state index contributed by atoms with van der Waals surface area (Å²) in [5.41, 5.74) is 4.17. The van der Waals surface area contributed by atoms with E-state index < -0.39 is 11.2 Å². The quantitative estimate of drug-likeness (QED) is 0.280. The third-order valence-electron chi connectivity index (χ3n) is 4.77. The Bertz CT molecular complexity index is 978. The minimum Gasteiger partial charge on any atom is -0.508 e. The van der Waals surface area contributed by atoms with Crippen molar-refractivity contribution in [2.75, 3.05) is 29.5 Å². The predicted octanol–water partition coefficient (Wildman–Crippen LogP) is 1.50. The summed E-state index contributed by atoms with van der Waals surface area (Å²) >= 11 is 0. The van der Waals surface area contributed by atoms with Crippen LogP contribution in [0.3, 0.4) is 0 Å². The van der Waals surface area contributed by atoms with Crippen LogP contribution in [0.25, 0.3) is 0 Å². The Hall–Kier alpha value is -3.63. The zero-order valence-electron chi connectivity index (χ0n) is 17.2. The summed E-state index contributed by atoms with van der Waals surface area (Å²) in [5, 5.41) is 46.5. The lowest BCUT2D eigenvalue weighted by molar-refractivity contribution is 0.0709. The Balaban J connectivity index is 1.69. The normalized spacial score (nSPS) is 15.0. The fraction of sp³-hybridized carbons (Fsp3) is 0.286. The second kappa shape index (κ2) is 8.62. The highest BCUT2D eigenvalue weighted by atomic mass is 16.3. The van der Waals surface area contributed by atoms with Gasteiger partial charge in [-0.1, -0.05) is 24.3 Å². The van der Waals surface area contributed by atoms with Gasteiger partial charge in [-0.3, -0.25) is 0 Å². The molecule has 2 atom stereocenters. The molecule has 0 aliphatic heterocycles. The molecule has 3 rings (SSSR count). The van der Waals surface area contributed by atoms with Crippen LogP contribution in [0.5, 0.6) is 11.5 Å². The average Bonchev–Trinajstić information content (AvgIpc) is 2.71. The molecule has 0 fully saturated rings. The molecule has 0 amide bonds. The fourth-order valence-electron chi connectivity index (χ4n) is 2.94. The standard InChI is InChI=1S/C21H26N6O4/c1-20(30,13-5-3-7-15(28)9-13)11-23-18-25-17(22)26-19(27-18)24-12-21(2,31)14-6-4-8-16(29)10-14/h3-10,28-31H,11-12H2,1-2H3,(H4,22,23,24,25,26,27). The molecule has 0 saturated carbocycles. The van der Waals surface area contributed by atoms with Crippen molar-refractivity contribution in [1.29, 1.82) is 0 Å². The number of hydrogen-bond acceptors (Lipinski definition) is 10. The van der Waals surface area contributed by atoms with Gasteiger partial charge in [0, 0.05) is 0 Å². The number of nitrogens with one attached hydrogen (secondary N) is 2. The summed E-state index contributed by atoms with van der Waals surface area (Å²) < 4.78 is 0. The molecule has 10 nitrogen and oxygen atoms in total. The third-order valence-corrected chi connectivity index (χ3v) is 4.77. The van der Waals surface area contributed by atoms with Gasteiger partial charge in [0.25, 0.3) is 0 Å². The largest absolute Gasteiger partial charge is 0.508 e. The van der Waals surface area contributed by atoms with Gasteiger partial charge in [0.05, 0.1) is 13.1 Å². The molecule has 0 bridgehead atoms. The number of anilines is 3. The molecule has 0 radical (unpaired) electrons. The molecule has 3 aromatic rings. The molecule has 1 aromatic heterocycles. The number of phenols is 2. The number of hydrogen-bond donors (Lipinski definition) is 7. The maximum absolute atomic E-state index is 10.7. The van der Waals surface area contributed by atoms with Gasteiger partial charge in [0.1, 0.15) is 22.7 Å². The monoisotopic (exact) mass is 426 g/mol.